The van der Waals surface area contributed by atoms with E-state index in [1.165, 1.54) is 15.3 Å². The van der Waals surface area contributed by atoms with Crippen LogP contribution in [-0.4, -0.2) is 17.4 Å². The largest absolute Gasteiger partial charge is 0.325 e. The lowest BCUT2D eigenvalue weighted by atomic mass is 10.0. The minimum Gasteiger partial charge on any atom is -0.325 e. The molecule has 0 spiro atoms. The van der Waals surface area contributed by atoms with Gasteiger partial charge in [0.15, 0.2) is 0 Å². The average Bonchev–Trinajstić information content (AvgIpc) is 3.29. The zero-order chi connectivity index (χ0) is 18.4. The number of carbonyl (C=O) groups excluding carboxylic acids is 1. The highest BCUT2D eigenvalue weighted by molar-refractivity contribution is 7.10. The molecule has 1 aromatic carbocycles. The van der Waals surface area contributed by atoms with E-state index in [1.807, 2.05) is 18.2 Å². The molecule has 0 bridgehead atoms. The number of thiophene rings is 2. The number of hydrogen-bond acceptors (Lipinski definition) is 4. The van der Waals surface area contributed by atoms with Crippen LogP contribution in [0, 0.1) is 0 Å². The standard InChI is InChI=1S/C21H24N2OS2/c1-16(2)19-9-3-4-10-20(19)22-21(24)15-23(13-17-7-5-11-25-17)14-18-8-6-12-26-18/h3-12,16H,13-15H2,1-2H3,(H,22,24). The summed E-state index contributed by atoms with van der Waals surface area (Å²) < 4.78 is 0. The van der Waals surface area contributed by atoms with Crippen molar-refractivity contribution in [1.82, 2.24) is 4.90 Å². The van der Waals surface area contributed by atoms with Gasteiger partial charge in [0.1, 0.15) is 0 Å². The van der Waals surface area contributed by atoms with Gasteiger partial charge in [-0.05, 0) is 40.4 Å². The summed E-state index contributed by atoms with van der Waals surface area (Å²) in [6, 6.07) is 16.4. The molecule has 0 atom stereocenters. The lowest BCUT2D eigenvalue weighted by molar-refractivity contribution is -0.117. The molecule has 0 saturated heterocycles. The molecule has 1 N–H and O–H groups in total. The quantitative estimate of drug-likeness (QED) is 0.550. The molecule has 2 heterocycles. The van der Waals surface area contributed by atoms with Gasteiger partial charge in [0.25, 0.3) is 0 Å². The average molecular weight is 385 g/mol. The van der Waals surface area contributed by atoms with Crippen LogP contribution >= 0.6 is 22.7 Å². The van der Waals surface area contributed by atoms with E-state index in [9.17, 15) is 4.79 Å². The van der Waals surface area contributed by atoms with Crippen LogP contribution in [0.2, 0.25) is 0 Å². The Hall–Kier alpha value is -1.95. The highest BCUT2D eigenvalue weighted by Gasteiger charge is 2.15. The third-order valence-electron chi connectivity index (χ3n) is 4.14. The third kappa shape index (κ3) is 5.27. The first-order valence-corrected chi connectivity index (χ1v) is 10.5. The zero-order valence-corrected chi connectivity index (χ0v) is 16.8. The summed E-state index contributed by atoms with van der Waals surface area (Å²) in [5, 5.41) is 7.27. The minimum atomic E-state index is 0.0335. The van der Waals surface area contributed by atoms with Crippen LogP contribution in [0.25, 0.3) is 0 Å². The molecular weight excluding hydrogens is 360 g/mol. The van der Waals surface area contributed by atoms with E-state index < -0.39 is 0 Å². The molecule has 0 fully saturated rings. The molecule has 2 aromatic heterocycles. The van der Waals surface area contributed by atoms with Crippen molar-refractivity contribution in [3.8, 4) is 0 Å². The van der Waals surface area contributed by atoms with Crippen LogP contribution in [0.1, 0.15) is 35.1 Å². The zero-order valence-electron chi connectivity index (χ0n) is 15.1. The van der Waals surface area contributed by atoms with Gasteiger partial charge in [-0.25, -0.2) is 0 Å². The number of rotatable bonds is 8. The van der Waals surface area contributed by atoms with Gasteiger partial charge in [-0.15, -0.1) is 22.7 Å². The maximum absolute atomic E-state index is 12.7. The number of hydrogen-bond donors (Lipinski definition) is 1. The molecule has 1 amide bonds. The van der Waals surface area contributed by atoms with Gasteiger partial charge in [-0.2, -0.15) is 0 Å². The van der Waals surface area contributed by atoms with E-state index in [4.69, 9.17) is 0 Å². The van der Waals surface area contributed by atoms with Gasteiger partial charge in [0.05, 0.1) is 6.54 Å². The van der Waals surface area contributed by atoms with Crippen molar-refractivity contribution < 1.29 is 4.79 Å². The normalized spacial score (nSPS) is 11.2. The molecular formula is C21H24N2OS2. The first-order chi connectivity index (χ1) is 12.6. The predicted molar refractivity (Wildman–Crippen MR) is 112 cm³/mol. The Kier molecular flexibility index (Phi) is 6.61. The molecule has 0 aliphatic heterocycles. The second kappa shape index (κ2) is 9.12. The van der Waals surface area contributed by atoms with Gasteiger partial charge in [-0.1, -0.05) is 44.2 Å². The van der Waals surface area contributed by atoms with E-state index in [0.717, 1.165) is 18.8 Å². The highest BCUT2D eigenvalue weighted by Crippen LogP contribution is 2.24. The van der Waals surface area contributed by atoms with Gasteiger partial charge >= 0.3 is 0 Å². The Bertz CT molecular complexity index is 774. The molecule has 26 heavy (non-hydrogen) atoms. The number of anilines is 1. The fraction of sp³-hybridized carbons (Fsp3) is 0.286. The number of nitrogens with zero attached hydrogens (tertiary/aromatic N) is 1. The molecule has 3 nitrogen and oxygen atoms in total. The van der Waals surface area contributed by atoms with E-state index >= 15 is 0 Å². The van der Waals surface area contributed by atoms with Crippen LogP contribution in [0.4, 0.5) is 5.69 Å². The van der Waals surface area contributed by atoms with Gasteiger partial charge in [-0.3, -0.25) is 9.69 Å². The van der Waals surface area contributed by atoms with Crippen LogP contribution < -0.4 is 5.32 Å². The number of amides is 1. The summed E-state index contributed by atoms with van der Waals surface area (Å²) in [5.41, 5.74) is 2.09. The Morgan fingerprint density at radius 3 is 2.12 bits per heavy atom. The predicted octanol–water partition coefficient (Wildman–Crippen LogP) is 5.57. The van der Waals surface area contributed by atoms with Crippen LogP contribution in [0.5, 0.6) is 0 Å². The molecule has 0 radical (unpaired) electrons. The van der Waals surface area contributed by atoms with E-state index in [2.05, 4.69) is 65.2 Å². The monoisotopic (exact) mass is 384 g/mol. The Morgan fingerprint density at radius 1 is 0.962 bits per heavy atom. The van der Waals surface area contributed by atoms with Crippen LogP contribution in [0.3, 0.4) is 0 Å². The van der Waals surface area contributed by atoms with E-state index in [1.54, 1.807) is 22.7 Å². The first kappa shape index (κ1) is 18.8. The second-order valence-corrected chi connectivity index (χ2v) is 8.66. The maximum atomic E-state index is 12.7. The van der Waals surface area contributed by atoms with Crippen molar-refractivity contribution in [2.45, 2.75) is 32.9 Å². The van der Waals surface area contributed by atoms with Gasteiger partial charge in [0.2, 0.25) is 5.91 Å². The van der Waals surface area contributed by atoms with E-state index in [-0.39, 0.29) is 5.91 Å². The summed E-state index contributed by atoms with van der Waals surface area (Å²) in [6.07, 6.45) is 0. The molecule has 136 valence electrons. The molecule has 5 heteroatoms. The molecule has 0 saturated carbocycles. The Labute approximate surface area is 163 Å². The molecule has 0 aliphatic rings. The van der Waals surface area contributed by atoms with E-state index in [0.29, 0.717) is 12.5 Å². The molecule has 3 rings (SSSR count). The molecule has 3 aromatic rings. The molecule has 0 aliphatic carbocycles. The Balaban J connectivity index is 1.68. The maximum Gasteiger partial charge on any atom is 0.238 e. The summed E-state index contributed by atoms with van der Waals surface area (Å²) >= 11 is 3.46. The van der Waals surface area contributed by atoms with Gasteiger partial charge in [0, 0.05) is 28.5 Å². The lowest BCUT2D eigenvalue weighted by Crippen LogP contribution is -2.32. The van der Waals surface area contributed by atoms with Crippen molar-refractivity contribution in [3.63, 3.8) is 0 Å². The second-order valence-electron chi connectivity index (χ2n) is 6.59. The third-order valence-corrected chi connectivity index (χ3v) is 5.87. The van der Waals surface area contributed by atoms with Crippen molar-refractivity contribution in [3.05, 3.63) is 74.6 Å². The molecule has 0 unspecified atom stereocenters. The summed E-state index contributed by atoms with van der Waals surface area (Å²) in [4.78, 5) is 17.5. The number of benzene rings is 1. The number of nitrogens with one attached hydrogen (secondary N) is 1. The fourth-order valence-electron chi connectivity index (χ4n) is 2.92. The van der Waals surface area contributed by atoms with Crippen LogP contribution in [-0.2, 0) is 17.9 Å². The number of carbonyl (C=O) groups is 1. The SMILES string of the molecule is CC(C)c1ccccc1NC(=O)CN(Cc1cccs1)Cc1cccs1. The minimum absolute atomic E-state index is 0.0335. The topological polar surface area (TPSA) is 32.3 Å². The van der Waals surface area contributed by atoms with Crippen LogP contribution in [0.15, 0.2) is 59.3 Å². The smallest absolute Gasteiger partial charge is 0.238 e. The lowest BCUT2D eigenvalue weighted by Gasteiger charge is -2.21. The highest BCUT2D eigenvalue weighted by atomic mass is 32.1. The number of para-hydroxylation sites is 1. The summed E-state index contributed by atoms with van der Waals surface area (Å²) in [5.74, 6) is 0.408. The summed E-state index contributed by atoms with van der Waals surface area (Å²) in [7, 11) is 0. The van der Waals surface area contributed by atoms with Crippen molar-refractivity contribution in [1.29, 1.82) is 0 Å². The van der Waals surface area contributed by atoms with Crippen molar-refractivity contribution in [2.24, 2.45) is 0 Å². The fourth-order valence-corrected chi connectivity index (χ4v) is 4.41. The van der Waals surface area contributed by atoms with Crippen molar-refractivity contribution >= 4 is 34.3 Å². The van der Waals surface area contributed by atoms with Crippen molar-refractivity contribution in [2.75, 3.05) is 11.9 Å². The van der Waals surface area contributed by atoms with Gasteiger partial charge < -0.3 is 5.32 Å². The summed E-state index contributed by atoms with van der Waals surface area (Å²) in [6.45, 7) is 6.24. The first-order valence-electron chi connectivity index (χ1n) is 8.77. The Morgan fingerprint density at radius 2 is 1.58 bits per heavy atom.